The van der Waals surface area contributed by atoms with Crippen LogP contribution in [-0.2, 0) is 6.54 Å². The predicted octanol–water partition coefficient (Wildman–Crippen LogP) is 2.37. The molecule has 118 valence electrons. The van der Waals surface area contributed by atoms with Crippen molar-refractivity contribution >= 4 is 22.5 Å². The summed E-state index contributed by atoms with van der Waals surface area (Å²) in [6, 6.07) is 14.0. The zero-order valence-electron chi connectivity index (χ0n) is 12.6. The van der Waals surface area contributed by atoms with E-state index in [-0.39, 0.29) is 18.0 Å². The molecule has 4 rings (SSSR count). The van der Waals surface area contributed by atoms with Crippen molar-refractivity contribution in [3.05, 3.63) is 82.7 Å². The first-order chi connectivity index (χ1) is 11.7. The molecule has 1 amide bonds. The number of para-hydroxylation sites is 1. The summed E-state index contributed by atoms with van der Waals surface area (Å²) in [6.45, 7) is 0.286. The van der Waals surface area contributed by atoms with E-state index in [4.69, 9.17) is 4.42 Å². The van der Waals surface area contributed by atoms with E-state index < -0.39 is 0 Å². The van der Waals surface area contributed by atoms with Gasteiger partial charge in [-0.3, -0.25) is 14.0 Å². The summed E-state index contributed by atoms with van der Waals surface area (Å²) in [5.41, 5.74) is 1.32. The lowest BCUT2D eigenvalue weighted by molar-refractivity contribution is 0.0947. The number of fused-ring (bicyclic) bond motifs is 2. The molecular weight excluding hydrogens is 306 g/mol. The molecule has 4 aromatic rings. The minimum absolute atomic E-state index is 0.198. The second kappa shape index (κ2) is 5.66. The Kier molecular flexibility index (Phi) is 3.35. The first-order valence-electron chi connectivity index (χ1n) is 7.44. The number of carbonyl (C=O) groups excluding carboxylic acids is 1. The van der Waals surface area contributed by atoms with Crippen molar-refractivity contribution in [1.29, 1.82) is 0 Å². The number of furan rings is 1. The summed E-state index contributed by atoms with van der Waals surface area (Å²) in [6.07, 6.45) is 3.06. The third-order valence-electron chi connectivity index (χ3n) is 3.78. The molecule has 0 aliphatic heterocycles. The smallest absolute Gasteiger partial charge is 0.265 e. The monoisotopic (exact) mass is 319 g/mol. The van der Waals surface area contributed by atoms with E-state index in [1.165, 1.54) is 10.6 Å². The molecule has 1 aromatic carbocycles. The molecular formula is C18H13N3O3. The van der Waals surface area contributed by atoms with Gasteiger partial charge < -0.3 is 9.73 Å². The topological polar surface area (TPSA) is 76.6 Å². The van der Waals surface area contributed by atoms with Gasteiger partial charge in [-0.05, 0) is 36.4 Å². The molecule has 1 N–H and O–H groups in total. The summed E-state index contributed by atoms with van der Waals surface area (Å²) in [5.74, 6) is 0.377. The second-order valence-corrected chi connectivity index (χ2v) is 5.34. The molecule has 0 aliphatic carbocycles. The van der Waals surface area contributed by atoms with Gasteiger partial charge in [0.25, 0.3) is 11.5 Å². The third kappa shape index (κ3) is 2.44. The predicted molar refractivity (Wildman–Crippen MR) is 88.8 cm³/mol. The number of nitrogens with one attached hydrogen (secondary N) is 1. The van der Waals surface area contributed by atoms with Crippen LogP contribution in [-0.4, -0.2) is 15.3 Å². The number of aromatic nitrogens is 2. The number of benzene rings is 1. The Morgan fingerprint density at radius 2 is 2.00 bits per heavy atom. The number of hydrogen-bond acceptors (Lipinski definition) is 4. The van der Waals surface area contributed by atoms with E-state index in [1.807, 2.05) is 6.07 Å². The summed E-state index contributed by atoms with van der Waals surface area (Å²) in [5, 5.41) is 3.27. The van der Waals surface area contributed by atoms with Gasteiger partial charge in [0, 0.05) is 6.20 Å². The van der Waals surface area contributed by atoms with Crippen LogP contribution in [0.4, 0.5) is 0 Å². The lowest BCUT2D eigenvalue weighted by atomic mass is 10.2. The van der Waals surface area contributed by atoms with Gasteiger partial charge in [-0.2, -0.15) is 0 Å². The molecule has 0 radical (unpaired) electrons. The maximum Gasteiger partial charge on any atom is 0.265 e. The van der Waals surface area contributed by atoms with Gasteiger partial charge in [0.1, 0.15) is 11.4 Å². The van der Waals surface area contributed by atoms with E-state index in [0.717, 1.165) is 0 Å². The number of amides is 1. The van der Waals surface area contributed by atoms with Crippen molar-refractivity contribution in [3.63, 3.8) is 0 Å². The van der Waals surface area contributed by atoms with Crippen LogP contribution in [0.15, 0.2) is 70.2 Å². The van der Waals surface area contributed by atoms with Crippen LogP contribution in [0.1, 0.15) is 16.1 Å². The Morgan fingerprint density at radius 3 is 2.83 bits per heavy atom. The van der Waals surface area contributed by atoms with Crippen LogP contribution in [0.5, 0.6) is 0 Å². The molecule has 6 heteroatoms. The van der Waals surface area contributed by atoms with Crippen LogP contribution >= 0.6 is 0 Å². The van der Waals surface area contributed by atoms with Gasteiger partial charge in [-0.1, -0.05) is 12.1 Å². The first kappa shape index (κ1) is 14.2. The maximum atomic E-state index is 12.6. The highest BCUT2D eigenvalue weighted by atomic mass is 16.3. The highest BCUT2D eigenvalue weighted by Gasteiger charge is 2.10. The average molecular weight is 319 g/mol. The number of carbonyl (C=O) groups is 1. The van der Waals surface area contributed by atoms with Gasteiger partial charge in [0.2, 0.25) is 0 Å². The first-order valence-corrected chi connectivity index (χ1v) is 7.44. The molecule has 3 heterocycles. The van der Waals surface area contributed by atoms with Gasteiger partial charge in [-0.15, -0.1) is 0 Å². The number of pyridine rings is 1. The lowest BCUT2D eigenvalue weighted by Gasteiger charge is -2.07. The van der Waals surface area contributed by atoms with Crippen LogP contribution in [0.3, 0.4) is 0 Å². The van der Waals surface area contributed by atoms with Crippen molar-refractivity contribution in [3.8, 4) is 0 Å². The van der Waals surface area contributed by atoms with Crippen molar-refractivity contribution in [2.24, 2.45) is 0 Å². The van der Waals surface area contributed by atoms with Gasteiger partial charge >= 0.3 is 0 Å². The fourth-order valence-corrected chi connectivity index (χ4v) is 2.57. The highest BCUT2D eigenvalue weighted by Crippen LogP contribution is 2.10. The maximum absolute atomic E-state index is 12.6. The normalized spacial score (nSPS) is 11.0. The zero-order valence-corrected chi connectivity index (χ0v) is 12.6. The third-order valence-corrected chi connectivity index (χ3v) is 3.78. The van der Waals surface area contributed by atoms with Gasteiger partial charge in [0.05, 0.1) is 29.3 Å². The van der Waals surface area contributed by atoms with Crippen molar-refractivity contribution in [2.75, 3.05) is 0 Å². The molecule has 3 aromatic heterocycles. The minimum atomic E-state index is -0.284. The minimum Gasteiger partial charge on any atom is -0.467 e. The molecule has 0 unspecified atom stereocenters. The Bertz CT molecular complexity index is 1100. The van der Waals surface area contributed by atoms with Crippen LogP contribution in [0.25, 0.3) is 16.6 Å². The molecule has 0 saturated carbocycles. The number of nitrogens with zero attached hydrogens (tertiary/aromatic N) is 2. The fraction of sp³-hybridized carbons (Fsp3) is 0.0556. The van der Waals surface area contributed by atoms with E-state index >= 15 is 0 Å². The Balaban J connectivity index is 1.72. The van der Waals surface area contributed by atoms with Crippen LogP contribution < -0.4 is 10.9 Å². The van der Waals surface area contributed by atoms with Gasteiger partial charge in [-0.25, -0.2) is 4.98 Å². The second-order valence-electron chi connectivity index (χ2n) is 5.34. The standard InChI is InChI=1S/C18H13N3O3/c22-17(19-10-13-4-3-9-24-13)12-7-8-16-20-15-6-2-1-5-14(15)18(23)21(16)11-12/h1-9,11H,10H2,(H,19,22). The van der Waals surface area contributed by atoms with E-state index in [2.05, 4.69) is 10.3 Å². The van der Waals surface area contributed by atoms with Crippen LogP contribution in [0.2, 0.25) is 0 Å². The highest BCUT2D eigenvalue weighted by molar-refractivity contribution is 5.94. The van der Waals surface area contributed by atoms with E-state index in [9.17, 15) is 9.59 Å². The average Bonchev–Trinajstić information content (AvgIpc) is 3.13. The molecule has 0 fully saturated rings. The molecule has 0 aliphatic rings. The molecule has 24 heavy (non-hydrogen) atoms. The SMILES string of the molecule is O=C(NCc1ccco1)c1ccc2nc3ccccc3c(=O)n2c1. The molecule has 0 spiro atoms. The Labute approximate surface area is 136 Å². The summed E-state index contributed by atoms with van der Waals surface area (Å²) in [4.78, 5) is 29.3. The van der Waals surface area contributed by atoms with Gasteiger partial charge in [0.15, 0.2) is 0 Å². The fourth-order valence-electron chi connectivity index (χ4n) is 2.57. The molecule has 0 bridgehead atoms. The quantitative estimate of drug-likeness (QED) is 0.588. The Hall–Kier alpha value is -3.41. The molecule has 0 atom stereocenters. The largest absolute Gasteiger partial charge is 0.467 e. The number of hydrogen-bond donors (Lipinski definition) is 1. The summed E-state index contributed by atoms with van der Waals surface area (Å²) >= 11 is 0. The summed E-state index contributed by atoms with van der Waals surface area (Å²) in [7, 11) is 0. The van der Waals surface area contributed by atoms with E-state index in [0.29, 0.717) is 27.9 Å². The summed E-state index contributed by atoms with van der Waals surface area (Å²) < 4.78 is 6.57. The molecule has 0 saturated heterocycles. The van der Waals surface area contributed by atoms with Crippen LogP contribution in [0, 0.1) is 0 Å². The molecule has 6 nitrogen and oxygen atoms in total. The van der Waals surface area contributed by atoms with Crippen molar-refractivity contribution in [1.82, 2.24) is 14.7 Å². The number of rotatable bonds is 3. The van der Waals surface area contributed by atoms with Crippen molar-refractivity contribution < 1.29 is 9.21 Å². The Morgan fingerprint density at radius 1 is 1.12 bits per heavy atom. The van der Waals surface area contributed by atoms with Crippen molar-refractivity contribution in [2.45, 2.75) is 6.54 Å². The van der Waals surface area contributed by atoms with E-state index in [1.54, 1.807) is 48.7 Å². The lowest BCUT2D eigenvalue weighted by Crippen LogP contribution is -2.24. The zero-order chi connectivity index (χ0) is 16.5.